The maximum absolute atomic E-state index is 13.7. The maximum Gasteiger partial charge on any atom is 0.265 e. The molecule has 6 heteroatoms. The number of nitrogens with two attached hydrogens (primary N) is 1. The highest BCUT2D eigenvalue weighted by atomic mass is 19.1. The molecular formula is C13H20FN3O2. The summed E-state index contributed by atoms with van der Waals surface area (Å²) in [4.78, 5) is 13.4. The predicted octanol–water partition coefficient (Wildman–Crippen LogP) is 0.633. The van der Waals surface area contributed by atoms with E-state index in [-0.39, 0.29) is 12.4 Å². The second-order valence-electron chi connectivity index (χ2n) is 4.23. The van der Waals surface area contributed by atoms with Crippen LogP contribution in [0.4, 0.5) is 4.39 Å². The third-order valence-corrected chi connectivity index (χ3v) is 2.91. The SMILES string of the molecule is CCN(CCCO)Cc1cc(C(=O)NN)ccc1F. The third kappa shape index (κ3) is 4.59. The third-order valence-electron chi connectivity index (χ3n) is 2.91. The summed E-state index contributed by atoms with van der Waals surface area (Å²) in [6.45, 7) is 3.89. The molecule has 106 valence electrons. The fourth-order valence-corrected chi connectivity index (χ4v) is 1.80. The Morgan fingerprint density at radius 2 is 2.26 bits per heavy atom. The Labute approximate surface area is 112 Å². The molecular weight excluding hydrogens is 249 g/mol. The highest BCUT2D eigenvalue weighted by Crippen LogP contribution is 2.13. The zero-order chi connectivity index (χ0) is 14.3. The summed E-state index contributed by atoms with van der Waals surface area (Å²) in [6.07, 6.45) is 0.637. The molecule has 1 aromatic rings. The first-order valence-corrected chi connectivity index (χ1v) is 6.25. The van der Waals surface area contributed by atoms with Crippen LogP contribution in [-0.4, -0.2) is 35.6 Å². The van der Waals surface area contributed by atoms with Gasteiger partial charge >= 0.3 is 0 Å². The number of hydrazine groups is 1. The van der Waals surface area contributed by atoms with Crippen LogP contribution in [0, 0.1) is 5.82 Å². The van der Waals surface area contributed by atoms with Crippen LogP contribution in [0.1, 0.15) is 29.3 Å². The molecule has 0 spiro atoms. The number of carbonyl (C=O) groups is 1. The predicted molar refractivity (Wildman–Crippen MR) is 70.7 cm³/mol. The van der Waals surface area contributed by atoms with E-state index in [1.54, 1.807) is 0 Å². The van der Waals surface area contributed by atoms with Gasteiger partial charge in [0.1, 0.15) is 5.82 Å². The lowest BCUT2D eigenvalue weighted by atomic mass is 10.1. The van der Waals surface area contributed by atoms with Crippen LogP contribution in [0.25, 0.3) is 0 Å². The fourth-order valence-electron chi connectivity index (χ4n) is 1.80. The first kappa shape index (κ1) is 15.6. The molecule has 1 aromatic carbocycles. The average molecular weight is 269 g/mol. The van der Waals surface area contributed by atoms with Crippen LogP contribution < -0.4 is 11.3 Å². The van der Waals surface area contributed by atoms with Crippen molar-refractivity contribution in [2.24, 2.45) is 5.84 Å². The second kappa shape index (κ2) is 7.83. The molecule has 19 heavy (non-hydrogen) atoms. The van der Waals surface area contributed by atoms with Gasteiger partial charge in [-0.05, 0) is 31.2 Å². The Balaban J connectivity index is 2.83. The van der Waals surface area contributed by atoms with Crippen LogP contribution >= 0.6 is 0 Å². The van der Waals surface area contributed by atoms with E-state index >= 15 is 0 Å². The maximum atomic E-state index is 13.7. The van der Waals surface area contributed by atoms with Gasteiger partial charge in [0.2, 0.25) is 0 Å². The molecule has 0 unspecified atom stereocenters. The number of aliphatic hydroxyl groups excluding tert-OH is 1. The molecule has 0 radical (unpaired) electrons. The van der Waals surface area contributed by atoms with Crippen LogP contribution in [0.2, 0.25) is 0 Å². The Kier molecular flexibility index (Phi) is 6.41. The van der Waals surface area contributed by atoms with E-state index in [0.717, 1.165) is 6.54 Å². The number of halogens is 1. The average Bonchev–Trinajstić information content (AvgIpc) is 2.44. The van der Waals surface area contributed by atoms with Gasteiger partial charge < -0.3 is 5.11 Å². The van der Waals surface area contributed by atoms with Crippen molar-refractivity contribution in [3.8, 4) is 0 Å². The summed E-state index contributed by atoms with van der Waals surface area (Å²) in [5.41, 5.74) is 2.80. The number of hydrogen-bond donors (Lipinski definition) is 3. The lowest BCUT2D eigenvalue weighted by molar-refractivity contribution is 0.0953. The fraction of sp³-hybridized carbons (Fsp3) is 0.462. The number of nitrogens with zero attached hydrogens (tertiary/aromatic N) is 1. The summed E-state index contributed by atoms with van der Waals surface area (Å²) in [5, 5.41) is 8.81. The van der Waals surface area contributed by atoms with E-state index in [0.29, 0.717) is 30.6 Å². The van der Waals surface area contributed by atoms with Gasteiger partial charge in [0.25, 0.3) is 5.91 Å². The van der Waals surface area contributed by atoms with Crippen molar-refractivity contribution >= 4 is 5.91 Å². The largest absolute Gasteiger partial charge is 0.396 e. The molecule has 0 aliphatic rings. The number of amides is 1. The topological polar surface area (TPSA) is 78.6 Å². The summed E-state index contributed by atoms with van der Waals surface area (Å²) in [6, 6.07) is 4.16. The van der Waals surface area contributed by atoms with Crippen molar-refractivity contribution in [2.45, 2.75) is 19.9 Å². The minimum absolute atomic E-state index is 0.106. The number of hydrogen-bond acceptors (Lipinski definition) is 4. The molecule has 0 heterocycles. The molecule has 5 nitrogen and oxygen atoms in total. The Bertz CT molecular complexity index is 426. The van der Waals surface area contributed by atoms with Gasteiger partial charge in [0, 0.05) is 30.8 Å². The number of rotatable bonds is 7. The second-order valence-corrected chi connectivity index (χ2v) is 4.23. The molecule has 1 amide bonds. The molecule has 0 atom stereocenters. The van der Waals surface area contributed by atoms with Gasteiger partial charge in [-0.15, -0.1) is 0 Å². The van der Waals surface area contributed by atoms with Crippen molar-refractivity contribution in [1.29, 1.82) is 0 Å². The minimum Gasteiger partial charge on any atom is -0.396 e. The van der Waals surface area contributed by atoms with Gasteiger partial charge in [0.05, 0.1) is 0 Å². The molecule has 0 bridgehead atoms. The van der Waals surface area contributed by atoms with E-state index in [1.807, 2.05) is 17.2 Å². The van der Waals surface area contributed by atoms with Gasteiger partial charge in [-0.25, -0.2) is 10.2 Å². The van der Waals surface area contributed by atoms with E-state index < -0.39 is 5.91 Å². The number of benzene rings is 1. The lowest BCUT2D eigenvalue weighted by Gasteiger charge is -2.20. The van der Waals surface area contributed by atoms with Crippen LogP contribution in [-0.2, 0) is 6.54 Å². The standard InChI is InChI=1S/C13H20FN3O2/c1-2-17(6-3-7-18)9-11-8-10(13(19)16-15)4-5-12(11)14/h4-5,8,18H,2-3,6-7,9,15H2,1H3,(H,16,19). The number of nitrogens with one attached hydrogen (secondary N) is 1. The zero-order valence-electron chi connectivity index (χ0n) is 11.0. The highest BCUT2D eigenvalue weighted by Gasteiger charge is 2.11. The molecule has 0 aliphatic heterocycles. The summed E-state index contributed by atoms with van der Waals surface area (Å²) in [5.74, 6) is 4.26. The van der Waals surface area contributed by atoms with Crippen molar-refractivity contribution in [3.63, 3.8) is 0 Å². The summed E-state index contributed by atoms with van der Waals surface area (Å²) >= 11 is 0. The van der Waals surface area contributed by atoms with Crippen LogP contribution in [0.5, 0.6) is 0 Å². The first-order valence-electron chi connectivity index (χ1n) is 6.25. The smallest absolute Gasteiger partial charge is 0.265 e. The van der Waals surface area contributed by atoms with Gasteiger partial charge in [-0.3, -0.25) is 15.1 Å². The first-order chi connectivity index (χ1) is 9.12. The summed E-state index contributed by atoms with van der Waals surface area (Å²) < 4.78 is 13.7. The van der Waals surface area contributed by atoms with Crippen molar-refractivity contribution in [2.75, 3.05) is 19.7 Å². The monoisotopic (exact) mass is 269 g/mol. The lowest BCUT2D eigenvalue weighted by Crippen LogP contribution is -2.30. The minimum atomic E-state index is -0.445. The Hall–Kier alpha value is -1.50. The van der Waals surface area contributed by atoms with Crippen LogP contribution in [0.3, 0.4) is 0 Å². The van der Waals surface area contributed by atoms with Gasteiger partial charge in [-0.1, -0.05) is 6.92 Å². The van der Waals surface area contributed by atoms with E-state index in [4.69, 9.17) is 10.9 Å². The Morgan fingerprint density at radius 3 is 2.84 bits per heavy atom. The Morgan fingerprint density at radius 1 is 1.53 bits per heavy atom. The molecule has 0 aliphatic carbocycles. The van der Waals surface area contributed by atoms with E-state index in [1.165, 1.54) is 18.2 Å². The summed E-state index contributed by atoms with van der Waals surface area (Å²) in [7, 11) is 0. The molecule has 0 fully saturated rings. The highest BCUT2D eigenvalue weighted by molar-refractivity contribution is 5.93. The van der Waals surface area contributed by atoms with Crippen LogP contribution in [0.15, 0.2) is 18.2 Å². The van der Waals surface area contributed by atoms with Crippen molar-refractivity contribution in [1.82, 2.24) is 10.3 Å². The van der Waals surface area contributed by atoms with Crippen molar-refractivity contribution < 1.29 is 14.3 Å². The zero-order valence-corrected chi connectivity index (χ0v) is 11.0. The van der Waals surface area contributed by atoms with E-state index in [2.05, 4.69) is 0 Å². The van der Waals surface area contributed by atoms with E-state index in [9.17, 15) is 9.18 Å². The molecule has 0 saturated carbocycles. The molecule has 0 saturated heterocycles. The quantitative estimate of drug-likeness (QED) is 0.385. The molecule has 4 N–H and O–H groups in total. The van der Waals surface area contributed by atoms with Gasteiger partial charge in [-0.2, -0.15) is 0 Å². The normalized spacial score (nSPS) is 10.8. The number of aliphatic hydroxyl groups is 1. The molecule has 1 rings (SSSR count). The number of nitrogen functional groups attached to an aromatic ring is 1. The van der Waals surface area contributed by atoms with Gasteiger partial charge in [0.15, 0.2) is 0 Å². The van der Waals surface area contributed by atoms with Crippen molar-refractivity contribution in [3.05, 3.63) is 35.1 Å². The molecule has 0 aromatic heterocycles. The number of carbonyl (C=O) groups excluding carboxylic acids is 1.